The van der Waals surface area contributed by atoms with Gasteiger partial charge in [-0.05, 0) is 50.2 Å². The van der Waals surface area contributed by atoms with Crippen molar-refractivity contribution in [3.8, 4) is 41.1 Å². The van der Waals surface area contributed by atoms with Gasteiger partial charge in [0, 0.05) is 6.07 Å². The Balaban J connectivity index is 2.06. The minimum Gasteiger partial charge on any atom is -0.494 e. The number of nitriles is 1. The quantitative estimate of drug-likeness (QED) is 0.176. The number of nitrogens with zero attached hydrogens (tertiary/aromatic N) is 4. The molecule has 0 N–H and O–H groups in total. The van der Waals surface area contributed by atoms with Crippen LogP contribution in [0.5, 0.6) is 35.0 Å². The van der Waals surface area contributed by atoms with Gasteiger partial charge in [0.05, 0.1) is 35.3 Å². The standard InChI is InChI=1S/C24H19F3N4O8/c1-3-35-17-9-14(12-28)10-18(11-17)38-22-20(31(33)34)21(37-13-19(32)36-4-2)29-23(30-22)39-16-7-5-15(6-8-16)24(25,26)27/h5-11H,3-4,13H2,1-2H3. The first kappa shape index (κ1) is 28.4. The molecule has 0 amide bonds. The minimum absolute atomic E-state index is 0.0160. The number of hydrogen-bond acceptors (Lipinski definition) is 11. The lowest BCUT2D eigenvalue weighted by Gasteiger charge is -2.13. The van der Waals surface area contributed by atoms with Gasteiger partial charge in [-0.2, -0.15) is 28.4 Å². The molecule has 0 aliphatic carbocycles. The van der Waals surface area contributed by atoms with Crippen molar-refractivity contribution in [2.75, 3.05) is 19.8 Å². The lowest BCUT2D eigenvalue weighted by Crippen LogP contribution is -2.16. The summed E-state index contributed by atoms with van der Waals surface area (Å²) in [5, 5.41) is 21.2. The summed E-state index contributed by atoms with van der Waals surface area (Å²) in [6.07, 6.45) is -4.59. The Kier molecular flexibility index (Phi) is 9.05. The second-order valence-corrected chi connectivity index (χ2v) is 7.28. The highest BCUT2D eigenvalue weighted by atomic mass is 19.4. The first-order valence-electron chi connectivity index (χ1n) is 11.1. The first-order chi connectivity index (χ1) is 18.5. The Labute approximate surface area is 218 Å². The summed E-state index contributed by atoms with van der Waals surface area (Å²) in [4.78, 5) is 30.4. The van der Waals surface area contributed by atoms with Crippen molar-refractivity contribution < 1.29 is 46.6 Å². The first-order valence-corrected chi connectivity index (χ1v) is 11.1. The molecule has 0 atom stereocenters. The number of hydrogen-bond donors (Lipinski definition) is 0. The van der Waals surface area contributed by atoms with Crippen LogP contribution in [0.25, 0.3) is 0 Å². The maximum Gasteiger partial charge on any atom is 0.416 e. The average molecular weight is 548 g/mol. The van der Waals surface area contributed by atoms with Gasteiger partial charge in [0.1, 0.15) is 17.2 Å². The van der Waals surface area contributed by atoms with E-state index in [9.17, 15) is 33.3 Å². The maximum absolute atomic E-state index is 12.9. The van der Waals surface area contributed by atoms with Crippen molar-refractivity contribution in [1.82, 2.24) is 9.97 Å². The molecule has 3 rings (SSSR count). The molecule has 0 unspecified atom stereocenters. The molecule has 1 aromatic heterocycles. The SMILES string of the molecule is CCOC(=O)COc1nc(Oc2ccc(C(F)(F)F)cc2)nc(Oc2cc(C#N)cc(OCC)c2)c1[N+](=O)[O-]. The number of carbonyl (C=O) groups excluding carboxylic acids is 1. The number of alkyl halides is 3. The van der Waals surface area contributed by atoms with Crippen molar-refractivity contribution in [2.45, 2.75) is 20.0 Å². The zero-order valence-corrected chi connectivity index (χ0v) is 20.4. The molecule has 0 spiro atoms. The molecule has 1 heterocycles. The number of aromatic nitrogens is 2. The fraction of sp³-hybridized carbons (Fsp3) is 0.250. The molecule has 39 heavy (non-hydrogen) atoms. The fourth-order valence-corrected chi connectivity index (χ4v) is 2.97. The van der Waals surface area contributed by atoms with Crippen LogP contribution in [0.3, 0.4) is 0 Å². The summed E-state index contributed by atoms with van der Waals surface area (Å²) >= 11 is 0. The molecule has 0 aliphatic heterocycles. The fourth-order valence-electron chi connectivity index (χ4n) is 2.97. The van der Waals surface area contributed by atoms with Crippen molar-refractivity contribution in [3.05, 3.63) is 63.7 Å². The molecule has 0 bridgehead atoms. The normalized spacial score (nSPS) is 10.8. The monoisotopic (exact) mass is 548 g/mol. The summed E-state index contributed by atoms with van der Waals surface area (Å²) in [5.74, 6) is -2.33. The average Bonchev–Trinajstić information content (AvgIpc) is 2.87. The Hall–Kier alpha value is -5.13. The number of benzene rings is 2. The number of esters is 1. The van der Waals surface area contributed by atoms with Crippen LogP contribution in [0, 0.1) is 21.4 Å². The van der Waals surface area contributed by atoms with Gasteiger partial charge in [-0.25, -0.2) is 4.79 Å². The topological polar surface area (TPSA) is 156 Å². The summed E-state index contributed by atoms with van der Waals surface area (Å²) in [5.41, 5.74) is -1.74. The summed E-state index contributed by atoms with van der Waals surface area (Å²) in [6, 6.07) is 8.76. The van der Waals surface area contributed by atoms with Crippen molar-refractivity contribution >= 4 is 11.7 Å². The van der Waals surface area contributed by atoms with Crippen LogP contribution in [0.1, 0.15) is 25.0 Å². The second kappa shape index (κ2) is 12.4. The molecule has 0 saturated heterocycles. The molecular weight excluding hydrogens is 529 g/mol. The minimum atomic E-state index is -4.59. The largest absolute Gasteiger partial charge is 0.494 e. The molecular formula is C24H19F3N4O8. The zero-order chi connectivity index (χ0) is 28.6. The van der Waals surface area contributed by atoms with Gasteiger partial charge < -0.3 is 23.7 Å². The molecule has 15 heteroatoms. The van der Waals surface area contributed by atoms with Gasteiger partial charge in [0.2, 0.25) is 0 Å². The predicted octanol–water partition coefficient (Wildman–Crippen LogP) is 5.20. The van der Waals surface area contributed by atoms with Crippen molar-refractivity contribution in [1.29, 1.82) is 5.26 Å². The molecule has 0 fully saturated rings. The summed E-state index contributed by atoms with van der Waals surface area (Å²) in [6.45, 7) is 2.73. The molecule has 0 saturated carbocycles. The molecule has 3 aromatic rings. The maximum atomic E-state index is 12.9. The van der Waals surface area contributed by atoms with Gasteiger partial charge in [-0.3, -0.25) is 10.1 Å². The number of carbonyl (C=O) groups is 1. The lowest BCUT2D eigenvalue weighted by molar-refractivity contribution is -0.387. The van der Waals surface area contributed by atoms with E-state index in [2.05, 4.69) is 9.97 Å². The van der Waals surface area contributed by atoms with Crippen LogP contribution in [0.4, 0.5) is 18.9 Å². The second-order valence-electron chi connectivity index (χ2n) is 7.28. The number of rotatable bonds is 11. The predicted molar refractivity (Wildman–Crippen MR) is 125 cm³/mol. The van der Waals surface area contributed by atoms with E-state index in [-0.39, 0.29) is 36.0 Å². The number of halogens is 3. The van der Waals surface area contributed by atoms with Gasteiger partial charge >= 0.3 is 35.6 Å². The van der Waals surface area contributed by atoms with E-state index in [4.69, 9.17) is 23.7 Å². The number of nitro groups is 1. The molecule has 0 aliphatic rings. The lowest BCUT2D eigenvalue weighted by atomic mass is 10.2. The van der Waals surface area contributed by atoms with Crippen LogP contribution in [-0.4, -0.2) is 40.7 Å². The van der Waals surface area contributed by atoms with Gasteiger partial charge in [0.25, 0.3) is 0 Å². The third-order valence-corrected chi connectivity index (χ3v) is 4.54. The van der Waals surface area contributed by atoms with Gasteiger partial charge in [0.15, 0.2) is 6.61 Å². The van der Waals surface area contributed by atoms with E-state index < -0.39 is 52.7 Å². The number of ether oxygens (including phenoxy) is 5. The van der Waals surface area contributed by atoms with E-state index in [0.29, 0.717) is 0 Å². The van der Waals surface area contributed by atoms with E-state index >= 15 is 0 Å². The van der Waals surface area contributed by atoms with Crippen LogP contribution in [0.15, 0.2) is 42.5 Å². The van der Waals surface area contributed by atoms with Crippen molar-refractivity contribution in [3.63, 3.8) is 0 Å². The van der Waals surface area contributed by atoms with Crippen LogP contribution in [-0.2, 0) is 15.7 Å². The van der Waals surface area contributed by atoms with E-state index in [1.165, 1.54) is 18.2 Å². The van der Waals surface area contributed by atoms with Crippen LogP contribution in [0.2, 0.25) is 0 Å². The molecule has 0 radical (unpaired) electrons. The Morgan fingerprint density at radius 2 is 1.64 bits per heavy atom. The third kappa shape index (κ3) is 7.68. The van der Waals surface area contributed by atoms with Gasteiger partial charge in [-0.15, -0.1) is 0 Å². The van der Waals surface area contributed by atoms with E-state index in [0.717, 1.165) is 24.3 Å². The van der Waals surface area contributed by atoms with Gasteiger partial charge in [-0.1, -0.05) is 0 Å². The summed E-state index contributed by atoms with van der Waals surface area (Å²) in [7, 11) is 0. The van der Waals surface area contributed by atoms with E-state index in [1.54, 1.807) is 13.8 Å². The van der Waals surface area contributed by atoms with Crippen molar-refractivity contribution in [2.24, 2.45) is 0 Å². The Bertz CT molecular complexity index is 1390. The Morgan fingerprint density at radius 1 is 0.974 bits per heavy atom. The van der Waals surface area contributed by atoms with E-state index in [1.807, 2.05) is 6.07 Å². The third-order valence-electron chi connectivity index (χ3n) is 4.54. The summed E-state index contributed by atoms with van der Waals surface area (Å²) < 4.78 is 64.9. The molecule has 12 nitrogen and oxygen atoms in total. The van der Waals surface area contributed by atoms with Crippen LogP contribution < -0.4 is 18.9 Å². The smallest absolute Gasteiger partial charge is 0.416 e. The highest BCUT2D eigenvalue weighted by Crippen LogP contribution is 2.40. The van der Waals surface area contributed by atoms with Crippen LogP contribution >= 0.6 is 0 Å². The highest BCUT2D eigenvalue weighted by molar-refractivity contribution is 5.71. The highest BCUT2D eigenvalue weighted by Gasteiger charge is 2.32. The molecule has 2 aromatic carbocycles. The molecule has 204 valence electrons. The Morgan fingerprint density at radius 3 is 2.23 bits per heavy atom. The zero-order valence-electron chi connectivity index (χ0n) is 20.4.